The van der Waals surface area contributed by atoms with Crippen LogP contribution in [0.4, 0.5) is 0 Å². The summed E-state index contributed by atoms with van der Waals surface area (Å²) in [7, 11) is -2.43. The van der Waals surface area contributed by atoms with Gasteiger partial charge in [-0.15, -0.1) is 0 Å². The molecule has 0 saturated heterocycles. The third kappa shape index (κ3) is 6.77. The molecule has 0 heterocycles. The van der Waals surface area contributed by atoms with Crippen LogP contribution in [0.1, 0.15) is 11.1 Å². The molecule has 0 radical (unpaired) electrons. The van der Waals surface area contributed by atoms with Crippen LogP contribution in [-0.4, -0.2) is 16.1 Å². The van der Waals surface area contributed by atoms with Gasteiger partial charge in [-0.1, -0.05) is 39.3 Å². The average molecular weight is 273 g/mol. The van der Waals surface area contributed by atoms with Crippen molar-refractivity contribution in [3.8, 4) is 0 Å². The van der Waals surface area contributed by atoms with E-state index in [1.807, 2.05) is 0 Å². The molecule has 1 rings (SSSR count). The molecule has 98 valence electrons. The number of rotatable bonds is 4. The lowest BCUT2D eigenvalue weighted by molar-refractivity contribution is 1.61. The first kappa shape index (κ1) is 15.2. The van der Waals surface area contributed by atoms with Crippen LogP contribution in [0.2, 0.25) is 39.3 Å². The van der Waals surface area contributed by atoms with Crippen molar-refractivity contribution in [3.05, 3.63) is 46.8 Å². The third-order valence-corrected chi connectivity index (χ3v) is 4.30. The van der Waals surface area contributed by atoms with Crippen LogP contribution in [0.5, 0.6) is 0 Å². The Bertz CT molecular complexity index is 383. The van der Waals surface area contributed by atoms with E-state index in [-0.39, 0.29) is 0 Å². The van der Waals surface area contributed by atoms with Gasteiger partial charge in [0.1, 0.15) is 0 Å². The fourth-order valence-electron chi connectivity index (χ4n) is 1.29. The van der Waals surface area contributed by atoms with Crippen LogP contribution in [0.15, 0.2) is 24.3 Å². The first-order valence-electron chi connectivity index (χ1n) is 6.48. The van der Waals surface area contributed by atoms with Gasteiger partial charge in [0.25, 0.3) is 0 Å². The van der Waals surface area contributed by atoms with Gasteiger partial charge >= 0.3 is 0 Å². The van der Waals surface area contributed by atoms with E-state index < -0.39 is 16.1 Å². The largest absolute Gasteiger partial charge is 0.279 e. The summed E-state index contributed by atoms with van der Waals surface area (Å²) in [5.74, 6) is 0. The molecule has 0 spiro atoms. The van der Waals surface area contributed by atoms with Gasteiger partial charge in [0.05, 0.1) is 0 Å². The van der Waals surface area contributed by atoms with Crippen LogP contribution in [0.3, 0.4) is 0 Å². The van der Waals surface area contributed by atoms with Crippen molar-refractivity contribution in [2.75, 3.05) is 0 Å². The van der Waals surface area contributed by atoms with Crippen molar-refractivity contribution >= 4 is 28.3 Å². The van der Waals surface area contributed by atoms with Crippen LogP contribution < -0.4 is 0 Å². The molecule has 18 heavy (non-hydrogen) atoms. The predicted molar refractivity (Wildman–Crippen MR) is 88.5 cm³/mol. The highest BCUT2D eigenvalue weighted by molar-refractivity contribution is 6.79. The van der Waals surface area contributed by atoms with Crippen molar-refractivity contribution in [2.45, 2.75) is 39.3 Å². The third-order valence-electron chi connectivity index (χ3n) is 2.28. The zero-order chi connectivity index (χ0) is 13.8. The van der Waals surface area contributed by atoms with Crippen molar-refractivity contribution in [2.24, 2.45) is 0 Å². The highest BCUT2D eigenvalue weighted by Gasteiger charge is 1.98. The molecule has 0 atom stereocenters. The molecular weight excluding hydrogens is 248 g/mol. The van der Waals surface area contributed by atoms with Crippen LogP contribution in [0, 0.1) is 11.4 Å². The topological polar surface area (TPSA) is 0 Å². The maximum Gasteiger partial charge on any atom is -0.0271 e. The van der Waals surface area contributed by atoms with Crippen molar-refractivity contribution < 1.29 is 0 Å². The van der Waals surface area contributed by atoms with Gasteiger partial charge in [0.15, 0.2) is 0 Å². The van der Waals surface area contributed by atoms with E-state index in [9.17, 15) is 0 Å². The second kappa shape index (κ2) is 5.85. The maximum absolute atomic E-state index is 3.51. The Balaban J connectivity index is 2.75. The highest BCUT2D eigenvalue weighted by atomic mass is 28.3. The molecule has 0 saturated carbocycles. The number of hydrogen-bond donors (Lipinski definition) is 0. The Hall–Kier alpha value is -0.866. The molecule has 0 fully saturated rings. The van der Waals surface area contributed by atoms with Crippen LogP contribution in [-0.2, 0) is 0 Å². The normalized spacial score (nSPS) is 13.7. The second-order valence-corrected chi connectivity index (χ2v) is 16.3. The van der Waals surface area contributed by atoms with E-state index in [0.717, 1.165) is 0 Å². The molecule has 0 aliphatic rings. The quantitative estimate of drug-likeness (QED) is 0.530. The molecule has 0 aromatic heterocycles. The molecule has 0 N–H and O–H groups in total. The predicted octanol–water partition coefficient (Wildman–Crippen LogP) is 5.07. The summed E-state index contributed by atoms with van der Waals surface area (Å²) in [6.45, 7) is 13.8. The van der Waals surface area contributed by atoms with Gasteiger partial charge in [-0.25, -0.2) is 12.2 Å². The van der Waals surface area contributed by atoms with Gasteiger partial charge in [0, 0.05) is 0 Å². The summed E-state index contributed by atoms with van der Waals surface area (Å²) in [6.07, 6.45) is 4.25. The molecule has 1 aromatic carbocycles. The van der Waals surface area contributed by atoms with Crippen molar-refractivity contribution in [1.29, 1.82) is 0 Å². The van der Waals surface area contributed by atoms with E-state index in [4.69, 9.17) is 0 Å². The minimum atomic E-state index is -1.21. The molecule has 0 bridgehead atoms. The highest BCUT2D eigenvalue weighted by Crippen LogP contribution is 2.11. The van der Waals surface area contributed by atoms with E-state index in [2.05, 4.69) is 87.1 Å². The summed E-state index contributed by atoms with van der Waals surface area (Å²) < 4.78 is 0. The minimum absolute atomic E-state index is 1.21. The van der Waals surface area contributed by atoms with Gasteiger partial charge in [-0.3, -0.25) is 11.4 Å². The van der Waals surface area contributed by atoms with Crippen LogP contribution >= 0.6 is 0 Å². The van der Waals surface area contributed by atoms with Crippen molar-refractivity contribution in [1.82, 2.24) is 0 Å². The Labute approximate surface area is 114 Å². The summed E-state index contributed by atoms with van der Waals surface area (Å²) >= 11 is 0. The van der Waals surface area contributed by atoms with Gasteiger partial charge in [0.2, 0.25) is 0 Å². The summed E-state index contributed by atoms with van der Waals surface area (Å²) in [5, 5.41) is 0. The number of benzene rings is 1. The standard InChI is InChI=1S/C16H24Si2/c1-17(2,3)13-11-15-7-9-16(10-8-15)12-14-18(4,5)6/h7-12H,1-6H3/q-2. The van der Waals surface area contributed by atoms with Crippen molar-refractivity contribution in [3.63, 3.8) is 0 Å². The van der Waals surface area contributed by atoms with Crippen LogP contribution in [0.25, 0.3) is 12.2 Å². The van der Waals surface area contributed by atoms with E-state index in [1.165, 1.54) is 11.1 Å². The Kier molecular flexibility index (Phi) is 4.94. The van der Waals surface area contributed by atoms with E-state index in [1.54, 1.807) is 0 Å². The Morgan fingerprint density at radius 2 is 0.944 bits per heavy atom. The summed E-state index contributed by atoms with van der Waals surface area (Å²) in [6, 6.07) is 8.63. The molecule has 0 nitrogen and oxygen atoms in total. The van der Waals surface area contributed by atoms with Gasteiger partial charge in [-0.2, -0.15) is 35.4 Å². The second-order valence-electron chi connectivity index (χ2n) is 6.74. The molecular formula is C16H24Si2-2. The lowest BCUT2D eigenvalue weighted by Gasteiger charge is -2.19. The maximum atomic E-state index is 3.51. The monoisotopic (exact) mass is 272 g/mol. The fourth-order valence-corrected chi connectivity index (χ4v) is 2.49. The molecule has 0 unspecified atom stereocenters. The SMILES string of the molecule is C[Si](C)(C)[C-]=Cc1ccc(C=[C-][Si](C)(C)C)cc1. The molecule has 2 heteroatoms. The molecule has 0 aliphatic heterocycles. The lowest BCUT2D eigenvalue weighted by atomic mass is 10.1. The molecule has 0 aliphatic carbocycles. The lowest BCUT2D eigenvalue weighted by Crippen LogP contribution is -2.16. The minimum Gasteiger partial charge on any atom is -0.279 e. The van der Waals surface area contributed by atoms with E-state index >= 15 is 0 Å². The zero-order valence-corrected chi connectivity index (χ0v) is 14.5. The zero-order valence-electron chi connectivity index (χ0n) is 12.5. The van der Waals surface area contributed by atoms with E-state index in [0.29, 0.717) is 0 Å². The van der Waals surface area contributed by atoms with Gasteiger partial charge < -0.3 is 0 Å². The smallest absolute Gasteiger partial charge is 0.0271 e. The molecule has 1 aromatic rings. The molecule has 0 amide bonds. The first-order chi connectivity index (χ1) is 8.16. The summed E-state index contributed by atoms with van der Waals surface area (Å²) in [5.41, 5.74) is 9.49. The fraction of sp³-hybridized carbons (Fsp3) is 0.375. The first-order valence-corrected chi connectivity index (χ1v) is 13.5. The Morgan fingerprint density at radius 3 is 1.17 bits per heavy atom. The summed E-state index contributed by atoms with van der Waals surface area (Å²) in [4.78, 5) is 0. The Morgan fingerprint density at radius 1 is 0.667 bits per heavy atom. The average Bonchev–Trinajstić information content (AvgIpc) is 2.23. The van der Waals surface area contributed by atoms with Gasteiger partial charge in [-0.05, 0) is 16.1 Å². The number of hydrogen-bond acceptors (Lipinski definition) is 0.